The molecule has 0 bridgehead atoms. The van der Waals surface area contributed by atoms with Gasteiger partial charge in [0.05, 0.1) is 0 Å². The summed E-state index contributed by atoms with van der Waals surface area (Å²) in [5, 5.41) is 19.1. The molecule has 0 aliphatic heterocycles. The third-order valence-electron chi connectivity index (χ3n) is 3.14. The maximum Gasteiger partial charge on any atom is 0.407 e. The molecule has 8 nitrogen and oxygen atoms in total. The van der Waals surface area contributed by atoms with Crippen LogP contribution in [0.5, 0.6) is 0 Å². The Labute approximate surface area is 153 Å². The highest BCUT2D eigenvalue weighted by Gasteiger charge is 2.02. The number of benzene rings is 1. The molecule has 26 heavy (non-hydrogen) atoms. The lowest BCUT2D eigenvalue weighted by atomic mass is 10.2. The number of nitrogens with one attached hydrogen (secondary N) is 1. The van der Waals surface area contributed by atoms with Gasteiger partial charge in [-0.3, -0.25) is 9.59 Å². The number of nitrogens with two attached hydrogens (primary N) is 1. The van der Waals surface area contributed by atoms with Gasteiger partial charge in [-0.05, 0) is 37.8 Å². The van der Waals surface area contributed by atoms with Crippen LogP contribution in [-0.4, -0.2) is 41.3 Å². The van der Waals surface area contributed by atoms with E-state index in [1.165, 1.54) is 0 Å². The number of carboxylic acid groups (broad SMARTS) is 2. The molecule has 1 rings (SSSR count). The number of amides is 1. The van der Waals surface area contributed by atoms with E-state index in [-0.39, 0.29) is 19.4 Å². The number of rotatable bonds is 11. The summed E-state index contributed by atoms with van der Waals surface area (Å²) in [6.45, 7) is 1.26. The average molecular weight is 368 g/mol. The van der Waals surface area contributed by atoms with Crippen molar-refractivity contribution in [2.45, 2.75) is 45.1 Å². The first-order valence-electron chi connectivity index (χ1n) is 8.54. The first-order chi connectivity index (χ1) is 12.5. The van der Waals surface area contributed by atoms with Gasteiger partial charge in [0.2, 0.25) is 0 Å². The van der Waals surface area contributed by atoms with Crippen molar-refractivity contribution < 1.29 is 29.3 Å². The van der Waals surface area contributed by atoms with Gasteiger partial charge in [-0.25, -0.2) is 4.79 Å². The highest BCUT2D eigenvalue weighted by molar-refractivity contribution is 5.67. The first kappa shape index (κ1) is 23.4. The Balaban J connectivity index is 0.000000660. The predicted molar refractivity (Wildman–Crippen MR) is 96.7 cm³/mol. The van der Waals surface area contributed by atoms with Gasteiger partial charge >= 0.3 is 18.0 Å². The van der Waals surface area contributed by atoms with E-state index < -0.39 is 18.0 Å². The maximum absolute atomic E-state index is 11.3. The minimum Gasteiger partial charge on any atom is -0.481 e. The topological polar surface area (TPSA) is 139 Å². The van der Waals surface area contributed by atoms with Crippen molar-refractivity contribution in [2.75, 3.05) is 13.1 Å². The summed E-state index contributed by atoms with van der Waals surface area (Å²) < 4.78 is 4.99. The fourth-order valence-electron chi connectivity index (χ4n) is 1.79. The third-order valence-corrected chi connectivity index (χ3v) is 3.14. The number of carbonyl (C=O) groups is 3. The van der Waals surface area contributed by atoms with Gasteiger partial charge in [-0.2, -0.15) is 0 Å². The number of aliphatic carboxylic acids is 2. The molecule has 0 aliphatic carbocycles. The fourth-order valence-corrected chi connectivity index (χ4v) is 1.79. The number of hydrogen-bond donors (Lipinski definition) is 4. The Hall–Kier alpha value is -2.61. The first-order valence-corrected chi connectivity index (χ1v) is 8.54. The quantitative estimate of drug-likeness (QED) is 0.440. The monoisotopic (exact) mass is 368 g/mol. The van der Waals surface area contributed by atoms with Gasteiger partial charge in [-0.1, -0.05) is 30.3 Å². The Bertz CT molecular complexity index is 522. The van der Waals surface area contributed by atoms with Gasteiger partial charge in [0, 0.05) is 19.4 Å². The molecule has 146 valence electrons. The van der Waals surface area contributed by atoms with Crippen LogP contribution in [0.25, 0.3) is 0 Å². The van der Waals surface area contributed by atoms with Crippen molar-refractivity contribution in [3.8, 4) is 0 Å². The van der Waals surface area contributed by atoms with E-state index >= 15 is 0 Å². The van der Waals surface area contributed by atoms with E-state index in [0.29, 0.717) is 32.4 Å². The second-order valence-corrected chi connectivity index (χ2v) is 5.48. The highest BCUT2D eigenvalue weighted by Crippen LogP contribution is 2.00. The molecule has 0 saturated heterocycles. The van der Waals surface area contributed by atoms with Crippen LogP contribution < -0.4 is 11.1 Å². The third kappa shape index (κ3) is 16.3. The number of carbonyl (C=O) groups excluding carboxylic acids is 1. The Morgan fingerprint density at radius 1 is 0.923 bits per heavy atom. The molecule has 8 heteroatoms. The molecule has 0 aromatic heterocycles. The zero-order valence-corrected chi connectivity index (χ0v) is 14.9. The van der Waals surface area contributed by atoms with Crippen LogP contribution in [0, 0.1) is 0 Å². The number of alkyl carbamates (subject to hydrolysis) is 1. The van der Waals surface area contributed by atoms with Crippen LogP contribution in [0.1, 0.15) is 44.1 Å². The molecule has 1 aromatic rings. The molecule has 1 amide bonds. The van der Waals surface area contributed by atoms with E-state index in [0.717, 1.165) is 12.0 Å². The lowest BCUT2D eigenvalue weighted by molar-refractivity contribution is -0.138. The van der Waals surface area contributed by atoms with Crippen LogP contribution in [0.4, 0.5) is 4.79 Å². The van der Waals surface area contributed by atoms with Gasteiger partial charge in [0.1, 0.15) is 6.61 Å². The minimum absolute atomic E-state index is 0.126. The highest BCUT2D eigenvalue weighted by atomic mass is 16.5. The number of ether oxygens (including phenoxy) is 1. The summed E-state index contributed by atoms with van der Waals surface area (Å²) in [7, 11) is 0. The molecule has 5 N–H and O–H groups in total. The van der Waals surface area contributed by atoms with Gasteiger partial charge in [-0.15, -0.1) is 0 Å². The fraction of sp³-hybridized carbons (Fsp3) is 0.500. The molecule has 0 fully saturated rings. The molecule has 1 aromatic carbocycles. The summed E-state index contributed by atoms with van der Waals surface area (Å²) in [5.41, 5.74) is 6.05. The van der Waals surface area contributed by atoms with Crippen molar-refractivity contribution in [3.05, 3.63) is 35.9 Å². The van der Waals surface area contributed by atoms with Crippen LogP contribution in [0.3, 0.4) is 0 Å². The normalized spacial score (nSPS) is 9.58. The molecule has 0 spiro atoms. The molecular weight excluding hydrogens is 340 g/mol. The molecular formula is C18H28N2O6. The summed E-state index contributed by atoms with van der Waals surface area (Å²) in [4.78, 5) is 31.3. The SMILES string of the molecule is NCCCCC(=O)O.O=C(O)CCCCNC(=O)OCc1ccccc1. The van der Waals surface area contributed by atoms with Gasteiger partial charge < -0.3 is 26.0 Å². The second kappa shape index (κ2) is 15.9. The van der Waals surface area contributed by atoms with Crippen molar-refractivity contribution in [1.82, 2.24) is 5.32 Å². The molecule has 0 unspecified atom stereocenters. The average Bonchev–Trinajstić information content (AvgIpc) is 2.61. The standard InChI is InChI=1S/C13H17NO4.C5H11NO2/c15-12(16)8-4-5-9-14-13(17)18-10-11-6-2-1-3-7-11;6-4-2-1-3-5(7)8/h1-3,6-7H,4-5,8-10H2,(H,14,17)(H,15,16);1-4,6H2,(H,7,8). The predicted octanol–water partition coefficient (Wildman–Crippen LogP) is 2.37. The van der Waals surface area contributed by atoms with Crippen molar-refractivity contribution >= 4 is 18.0 Å². The number of hydrogen-bond acceptors (Lipinski definition) is 5. The molecule has 0 heterocycles. The summed E-state index contributed by atoms with van der Waals surface area (Å²) >= 11 is 0. The van der Waals surface area contributed by atoms with Crippen molar-refractivity contribution in [1.29, 1.82) is 0 Å². The zero-order valence-electron chi connectivity index (χ0n) is 14.9. The molecule has 0 atom stereocenters. The summed E-state index contributed by atoms with van der Waals surface area (Å²) in [5.74, 6) is -1.56. The van der Waals surface area contributed by atoms with Gasteiger partial charge in [0.25, 0.3) is 0 Å². The zero-order chi connectivity index (χ0) is 19.6. The molecule has 0 aliphatic rings. The van der Waals surface area contributed by atoms with E-state index in [9.17, 15) is 14.4 Å². The van der Waals surface area contributed by atoms with Crippen LogP contribution in [0.2, 0.25) is 0 Å². The second-order valence-electron chi connectivity index (χ2n) is 5.48. The van der Waals surface area contributed by atoms with E-state index in [2.05, 4.69) is 5.32 Å². The minimum atomic E-state index is -0.818. The Kier molecular flexibility index (Phi) is 14.3. The smallest absolute Gasteiger partial charge is 0.407 e. The summed E-state index contributed by atoms with van der Waals surface area (Å²) in [6, 6.07) is 9.40. The van der Waals surface area contributed by atoms with Crippen LogP contribution in [0.15, 0.2) is 30.3 Å². The van der Waals surface area contributed by atoms with E-state index in [4.69, 9.17) is 20.7 Å². The number of unbranched alkanes of at least 4 members (excludes halogenated alkanes) is 2. The largest absolute Gasteiger partial charge is 0.481 e. The van der Waals surface area contributed by atoms with E-state index in [1.807, 2.05) is 30.3 Å². The lowest BCUT2D eigenvalue weighted by Gasteiger charge is -2.06. The van der Waals surface area contributed by atoms with Crippen molar-refractivity contribution in [3.63, 3.8) is 0 Å². The van der Waals surface area contributed by atoms with E-state index in [1.54, 1.807) is 0 Å². The van der Waals surface area contributed by atoms with Crippen molar-refractivity contribution in [2.24, 2.45) is 5.73 Å². The lowest BCUT2D eigenvalue weighted by Crippen LogP contribution is -2.25. The molecule has 0 saturated carbocycles. The maximum atomic E-state index is 11.3. The Morgan fingerprint density at radius 2 is 1.50 bits per heavy atom. The van der Waals surface area contributed by atoms with Crippen LogP contribution in [-0.2, 0) is 20.9 Å². The van der Waals surface area contributed by atoms with Crippen LogP contribution >= 0.6 is 0 Å². The number of carboxylic acids is 2. The summed E-state index contributed by atoms with van der Waals surface area (Å²) in [6.07, 6.45) is 2.59. The van der Waals surface area contributed by atoms with Gasteiger partial charge in [0.15, 0.2) is 0 Å². The molecule has 0 radical (unpaired) electrons. The Morgan fingerprint density at radius 3 is 2.04 bits per heavy atom.